The van der Waals surface area contributed by atoms with E-state index in [1.54, 1.807) is 11.2 Å². The van der Waals surface area contributed by atoms with E-state index >= 15 is 0 Å². The number of rotatable bonds is 12. The number of hydrogen-bond donors (Lipinski definition) is 0. The van der Waals surface area contributed by atoms with E-state index in [0.717, 1.165) is 50.0 Å². The van der Waals surface area contributed by atoms with Gasteiger partial charge in [-0.1, -0.05) is 26.2 Å². The summed E-state index contributed by atoms with van der Waals surface area (Å²) in [7, 11) is 1.97. The molecule has 0 atom stereocenters. The van der Waals surface area contributed by atoms with Gasteiger partial charge in [0.15, 0.2) is 0 Å². The van der Waals surface area contributed by atoms with E-state index in [4.69, 9.17) is 4.42 Å². The maximum Gasteiger partial charge on any atom is 0.242 e. The van der Waals surface area contributed by atoms with Gasteiger partial charge in [-0.05, 0) is 43.5 Å². The molecule has 1 aliphatic rings. The van der Waals surface area contributed by atoms with Crippen molar-refractivity contribution < 1.29 is 14.0 Å². The maximum atomic E-state index is 13.2. The molecule has 0 bridgehead atoms. The monoisotopic (exact) mass is 399 g/mol. The van der Waals surface area contributed by atoms with Crippen molar-refractivity contribution in [3.8, 4) is 0 Å². The van der Waals surface area contributed by atoms with Gasteiger partial charge in [-0.3, -0.25) is 9.59 Å². The Morgan fingerprint density at radius 1 is 1.10 bits per heavy atom. The number of carbonyl (C=O) groups is 2. The smallest absolute Gasteiger partial charge is 0.242 e. The first-order valence-electron chi connectivity index (χ1n) is 10.8. The Balaban J connectivity index is 1.65. The van der Waals surface area contributed by atoms with Crippen LogP contribution in [0.2, 0.25) is 0 Å². The highest BCUT2D eigenvalue weighted by Crippen LogP contribution is 2.28. The second-order valence-electron chi connectivity index (χ2n) is 8.00. The van der Waals surface area contributed by atoms with Crippen LogP contribution in [-0.2, 0) is 29.7 Å². The van der Waals surface area contributed by atoms with Crippen molar-refractivity contribution in [2.45, 2.75) is 71.0 Å². The topological polar surface area (TPSA) is 58.7 Å². The van der Waals surface area contributed by atoms with Crippen molar-refractivity contribution in [2.75, 3.05) is 6.54 Å². The second kappa shape index (κ2) is 10.3. The zero-order valence-corrected chi connectivity index (χ0v) is 17.7. The first-order valence-corrected chi connectivity index (χ1v) is 10.8. The molecule has 0 saturated heterocycles. The lowest BCUT2D eigenvalue weighted by Crippen LogP contribution is -2.43. The highest BCUT2D eigenvalue weighted by molar-refractivity contribution is 5.85. The molecule has 0 radical (unpaired) electrons. The van der Waals surface area contributed by atoms with Gasteiger partial charge in [0.25, 0.3) is 0 Å². The van der Waals surface area contributed by atoms with Crippen LogP contribution in [-0.4, -0.2) is 38.8 Å². The van der Waals surface area contributed by atoms with Crippen LogP contribution in [0.5, 0.6) is 0 Å². The normalized spacial score (nSPS) is 13.4. The van der Waals surface area contributed by atoms with Gasteiger partial charge in [0, 0.05) is 31.4 Å². The van der Waals surface area contributed by atoms with Crippen LogP contribution in [0.4, 0.5) is 0 Å². The van der Waals surface area contributed by atoms with Crippen molar-refractivity contribution in [1.82, 2.24) is 14.4 Å². The molecule has 1 aliphatic carbocycles. The number of aromatic nitrogens is 1. The molecule has 0 spiro atoms. The van der Waals surface area contributed by atoms with Crippen molar-refractivity contribution in [2.24, 2.45) is 7.05 Å². The fourth-order valence-corrected chi connectivity index (χ4v) is 3.58. The van der Waals surface area contributed by atoms with Crippen LogP contribution >= 0.6 is 0 Å². The molecular formula is C23H33N3O3. The Hall–Kier alpha value is -2.50. The first kappa shape index (κ1) is 21.2. The van der Waals surface area contributed by atoms with Crippen molar-refractivity contribution in [1.29, 1.82) is 0 Å². The number of amides is 2. The molecule has 1 fully saturated rings. The minimum Gasteiger partial charge on any atom is -0.467 e. The fraction of sp³-hybridized carbons (Fsp3) is 0.565. The predicted octanol–water partition coefficient (Wildman–Crippen LogP) is 4.11. The van der Waals surface area contributed by atoms with Crippen LogP contribution in [0.25, 0.3) is 0 Å². The lowest BCUT2D eigenvalue weighted by molar-refractivity contribution is -0.142. The molecule has 0 N–H and O–H groups in total. The van der Waals surface area contributed by atoms with Gasteiger partial charge in [-0.15, -0.1) is 0 Å². The van der Waals surface area contributed by atoms with Crippen LogP contribution in [0.15, 0.2) is 41.1 Å². The molecular weight excluding hydrogens is 366 g/mol. The largest absolute Gasteiger partial charge is 0.467 e. The van der Waals surface area contributed by atoms with Gasteiger partial charge >= 0.3 is 0 Å². The average molecular weight is 400 g/mol. The maximum absolute atomic E-state index is 13.2. The average Bonchev–Trinajstić information content (AvgIpc) is 3.27. The number of nitrogens with zero attached hydrogens (tertiary/aromatic N) is 3. The van der Waals surface area contributed by atoms with Crippen LogP contribution in [0.1, 0.15) is 63.3 Å². The number of carbonyl (C=O) groups excluding carboxylic acids is 2. The molecule has 2 aromatic rings. The standard InChI is InChI=1S/C23H33N3O3/c1-3-4-5-6-11-22(27)26(19-12-13-19)18-23(28)25(17-21-10-8-15-29-21)16-20-9-7-14-24(20)2/h7-10,14-15,19H,3-6,11-13,16-18H2,1-2H3. The quantitative estimate of drug-likeness (QED) is 0.505. The molecule has 158 valence electrons. The molecule has 0 aromatic carbocycles. The summed E-state index contributed by atoms with van der Waals surface area (Å²) in [6.07, 6.45) is 10.4. The Bertz CT molecular complexity index is 777. The molecule has 6 nitrogen and oxygen atoms in total. The summed E-state index contributed by atoms with van der Waals surface area (Å²) in [4.78, 5) is 29.6. The number of hydrogen-bond acceptors (Lipinski definition) is 3. The Labute approximate surface area is 173 Å². The molecule has 29 heavy (non-hydrogen) atoms. The molecule has 2 amide bonds. The van der Waals surface area contributed by atoms with E-state index < -0.39 is 0 Å². The van der Waals surface area contributed by atoms with E-state index in [-0.39, 0.29) is 24.4 Å². The lowest BCUT2D eigenvalue weighted by Gasteiger charge is -2.27. The third kappa shape index (κ3) is 6.24. The van der Waals surface area contributed by atoms with Crippen molar-refractivity contribution in [3.05, 3.63) is 48.2 Å². The predicted molar refractivity (Wildman–Crippen MR) is 112 cm³/mol. The molecule has 0 aliphatic heterocycles. The Morgan fingerprint density at radius 3 is 2.55 bits per heavy atom. The van der Waals surface area contributed by atoms with E-state index in [2.05, 4.69) is 6.92 Å². The summed E-state index contributed by atoms with van der Waals surface area (Å²) < 4.78 is 7.48. The van der Waals surface area contributed by atoms with Crippen LogP contribution in [0, 0.1) is 0 Å². The minimum atomic E-state index is -0.0311. The van der Waals surface area contributed by atoms with Crippen LogP contribution in [0.3, 0.4) is 0 Å². The third-order valence-electron chi connectivity index (χ3n) is 5.54. The summed E-state index contributed by atoms with van der Waals surface area (Å²) in [5.74, 6) is 0.835. The highest BCUT2D eigenvalue weighted by atomic mass is 16.3. The van der Waals surface area contributed by atoms with Crippen LogP contribution < -0.4 is 0 Å². The molecule has 1 saturated carbocycles. The number of aryl methyl sites for hydroxylation is 1. The molecule has 6 heteroatoms. The Morgan fingerprint density at radius 2 is 1.93 bits per heavy atom. The summed E-state index contributed by atoms with van der Waals surface area (Å²) in [6, 6.07) is 7.93. The zero-order valence-electron chi connectivity index (χ0n) is 17.7. The lowest BCUT2D eigenvalue weighted by atomic mass is 10.1. The summed E-state index contributed by atoms with van der Waals surface area (Å²) >= 11 is 0. The fourth-order valence-electron chi connectivity index (χ4n) is 3.58. The van der Waals surface area contributed by atoms with E-state index in [1.165, 1.54) is 0 Å². The van der Waals surface area contributed by atoms with Crippen molar-refractivity contribution in [3.63, 3.8) is 0 Å². The van der Waals surface area contributed by atoms with Gasteiger partial charge < -0.3 is 18.8 Å². The van der Waals surface area contributed by atoms with Gasteiger partial charge in [0.1, 0.15) is 12.3 Å². The Kier molecular flexibility index (Phi) is 7.55. The van der Waals surface area contributed by atoms with E-state index in [0.29, 0.717) is 19.5 Å². The van der Waals surface area contributed by atoms with E-state index in [1.807, 2.05) is 47.0 Å². The SMILES string of the molecule is CCCCCCC(=O)N(CC(=O)N(Cc1ccco1)Cc1cccn1C)C1CC1. The van der Waals surface area contributed by atoms with E-state index in [9.17, 15) is 9.59 Å². The number of furan rings is 1. The first-order chi connectivity index (χ1) is 14.1. The third-order valence-corrected chi connectivity index (χ3v) is 5.54. The summed E-state index contributed by atoms with van der Waals surface area (Å²) in [5, 5.41) is 0. The van der Waals surface area contributed by atoms with Crippen molar-refractivity contribution >= 4 is 11.8 Å². The minimum absolute atomic E-state index is 0.0311. The molecule has 3 rings (SSSR count). The van der Waals surface area contributed by atoms with Gasteiger partial charge in [-0.2, -0.15) is 0 Å². The summed E-state index contributed by atoms with van der Waals surface area (Å²) in [6.45, 7) is 3.21. The highest BCUT2D eigenvalue weighted by Gasteiger charge is 2.34. The summed E-state index contributed by atoms with van der Waals surface area (Å²) in [5.41, 5.74) is 1.05. The zero-order chi connectivity index (χ0) is 20.6. The van der Waals surface area contributed by atoms with Gasteiger partial charge in [-0.25, -0.2) is 0 Å². The second-order valence-corrected chi connectivity index (χ2v) is 8.00. The molecule has 2 aromatic heterocycles. The van der Waals surface area contributed by atoms with Gasteiger partial charge in [0.2, 0.25) is 11.8 Å². The van der Waals surface area contributed by atoms with Gasteiger partial charge in [0.05, 0.1) is 19.4 Å². The molecule has 0 unspecified atom stereocenters. The molecule has 2 heterocycles. The number of unbranched alkanes of at least 4 members (excludes halogenated alkanes) is 3.